The molecule has 2 fully saturated rings. The molecule has 0 radical (unpaired) electrons. The fourth-order valence-corrected chi connectivity index (χ4v) is 4.55. The molecule has 1 aromatic carbocycles. The Morgan fingerprint density at radius 2 is 1.84 bits per heavy atom. The second-order valence-corrected chi connectivity index (χ2v) is 7.95. The van der Waals surface area contributed by atoms with Crippen LogP contribution in [0.3, 0.4) is 0 Å². The summed E-state index contributed by atoms with van der Waals surface area (Å²) < 4.78 is 10.3. The molecule has 166 valence electrons. The van der Waals surface area contributed by atoms with E-state index in [0.717, 1.165) is 19.3 Å². The van der Waals surface area contributed by atoms with Gasteiger partial charge >= 0.3 is 5.97 Å². The van der Waals surface area contributed by atoms with Gasteiger partial charge in [0, 0.05) is 18.7 Å². The number of nitrogens with zero attached hydrogens (tertiary/aromatic N) is 4. The van der Waals surface area contributed by atoms with Gasteiger partial charge in [0.15, 0.2) is 0 Å². The van der Waals surface area contributed by atoms with Crippen LogP contribution in [0.5, 0.6) is 0 Å². The Labute approximate surface area is 180 Å². The molecule has 0 unspecified atom stereocenters. The normalized spacial score (nSPS) is 20.8. The van der Waals surface area contributed by atoms with Gasteiger partial charge in [-0.1, -0.05) is 6.42 Å². The number of methoxy groups -OCH3 is 1. The molecule has 31 heavy (non-hydrogen) atoms. The van der Waals surface area contributed by atoms with E-state index in [1.807, 2.05) is 0 Å². The number of carbonyl (C=O) groups excluding carboxylic acids is 2. The SMILES string of the molecule is COC(=O)c1ccc(C(=O)N2CCOCC2)cc1N1C(N)=NC(N)=NC12CCCCC2. The quantitative estimate of drug-likeness (QED) is 0.687. The summed E-state index contributed by atoms with van der Waals surface area (Å²) in [7, 11) is 1.32. The molecule has 0 bridgehead atoms. The van der Waals surface area contributed by atoms with Gasteiger partial charge in [0.1, 0.15) is 5.66 Å². The molecular formula is C21H28N6O4. The van der Waals surface area contributed by atoms with Crippen molar-refractivity contribution in [2.24, 2.45) is 21.5 Å². The summed E-state index contributed by atoms with van der Waals surface area (Å²) in [5.74, 6) is -0.387. The summed E-state index contributed by atoms with van der Waals surface area (Å²) in [4.78, 5) is 38.0. The maximum atomic E-state index is 13.1. The van der Waals surface area contributed by atoms with Gasteiger partial charge in [0.2, 0.25) is 11.9 Å². The van der Waals surface area contributed by atoms with Crippen molar-refractivity contribution in [2.75, 3.05) is 38.3 Å². The number of amides is 1. The first-order chi connectivity index (χ1) is 14.9. The third-order valence-corrected chi connectivity index (χ3v) is 6.04. The first kappa shape index (κ1) is 21.1. The number of carbonyl (C=O) groups is 2. The molecule has 0 atom stereocenters. The van der Waals surface area contributed by atoms with Crippen molar-refractivity contribution in [3.8, 4) is 0 Å². The Hall–Kier alpha value is -3.14. The Morgan fingerprint density at radius 3 is 2.52 bits per heavy atom. The molecule has 1 saturated heterocycles. The van der Waals surface area contributed by atoms with Crippen LogP contribution >= 0.6 is 0 Å². The van der Waals surface area contributed by atoms with Crippen LogP contribution in [0.25, 0.3) is 0 Å². The summed E-state index contributed by atoms with van der Waals surface area (Å²) in [5, 5.41) is 0. The molecule has 2 aliphatic heterocycles. The van der Waals surface area contributed by atoms with Crippen molar-refractivity contribution < 1.29 is 19.1 Å². The van der Waals surface area contributed by atoms with E-state index < -0.39 is 11.6 Å². The van der Waals surface area contributed by atoms with Crippen LogP contribution in [0.4, 0.5) is 5.69 Å². The molecule has 1 spiro atoms. The van der Waals surface area contributed by atoms with Crippen molar-refractivity contribution in [1.29, 1.82) is 0 Å². The third-order valence-electron chi connectivity index (χ3n) is 6.04. The molecule has 1 aromatic rings. The van der Waals surface area contributed by atoms with Crippen molar-refractivity contribution in [2.45, 2.75) is 37.8 Å². The van der Waals surface area contributed by atoms with Crippen LogP contribution in [0.1, 0.15) is 52.8 Å². The highest BCUT2D eigenvalue weighted by Gasteiger charge is 2.44. The van der Waals surface area contributed by atoms with E-state index in [-0.39, 0.29) is 17.8 Å². The number of hydrogen-bond acceptors (Lipinski definition) is 9. The smallest absolute Gasteiger partial charge is 0.339 e. The van der Waals surface area contributed by atoms with Gasteiger partial charge in [0.25, 0.3) is 5.91 Å². The van der Waals surface area contributed by atoms with E-state index in [9.17, 15) is 9.59 Å². The van der Waals surface area contributed by atoms with Crippen molar-refractivity contribution in [1.82, 2.24) is 4.90 Å². The van der Waals surface area contributed by atoms with Gasteiger partial charge < -0.3 is 25.8 Å². The lowest BCUT2D eigenvalue weighted by Gasteiger charge is -2.46. The molecule has 3 aliphatic rings. The second kappa shape index (κ2) is 8.54. The fraction of sp³-hybridized carbons (Fsp3) is 0.524. The minimum atomic E-state index is -0.739. The largest absolute Gasteiger partial charge is 0.465 e. The molecule has 2 heterocycles. The molecule has 10 heteroatoms. The number of benzene rings is 1. The zero-order valence-electron chi connectivity index (χ0n) is 17.7. The van der Waals surface area contributed by atoms with Crippen molar-refractivity contribution in [3.63, 3.8) is 0 Å². The van der Waals surface area contributed by atoms with Crippen LogP contribution in [-0.4, -0.2) is 67.8 Å². The van der Waals surface area contributed by atoms with E-state index in [1.54, 1.807) is 28.0 Å². The van der Waals surface area contributed by atoms with Gasteiger partial charge in [-0.05, 0) is 43.9 Å². The summed E-state index contributed by atoms with van der Waals surface area (Å²) in [6, 6.07) is 4.91. The highest BCUT2D eigenvalue weighted by atomic mass is 16.5. The average Bonchev–Trinajstić information content (AvgIpc) is 2.78. The van der Waals surface area contributed by atoms with E-state index >= 15 is 0 Å². The average molecular weight is 428 g/mol. The van der Waals surface area contributed by atoms with Gasteiger partial charge in [-0.15, -0.1) is 0 Å². The minimum Gasteiger partial charge on any atom is -0.465 e. The van der Waals surface area contributed by atoms with Crippen LogP contribution in [0.2, 0.25) is 0 Å². The summed E-state index contributed by atoms with van der Waals surface area (Å²) in [6.07, 6.45) is 4.40. The standard InChI is InChI=1S/C21H28N6O4/c1-30-18(29)15-6-5-14(17(28)26-9-11-31-12-10-26)13-16(15)27-20(23)24-19(22)25-21(27)7-3-2-4-8-21/h5-6,13H,2-4,7-12H2,1H3,(H4,22,23,24,25). The Kier molecular flexibility index (Phi) is 5.81. The lowest BCUT2D eigenvalue weighted by molar-refractivity contribution is 0.0302. The van der Waals surface area contributed by atoms with Crippen LogP contribution < -0.4 is 16.4 Å². The van der Waals surface area contributed by atoms with Gasteiger partial charge in [-0.2, -0.15) is 4.99 Å². The van der Waals surface area contributed by atoms with Crippen molar-refractivity contribution >= 4 is 29.5 Å². The van der Waals surface area contributed by atoms with Gasteiger partial charge in [-0.25, -0.2) is 9.79 Å². The molecule has 0 aromatic heterocycles. The summed E-state index contributed by atoms with van der Waals surface area (Å²) in [6.45, 7) is 2.04. The molecule has 10 nitrogen and oxygen atoms in total. The number of anilines is 1. The Balaban J connectivity index is 1.81. The maximum Gasteiger partial charge on any atom is 0.339 e. The number of rotatable bonds is 3. The Bertz CT molecular complexity index is 932. The predicted molar refractivity (Wildman–Crippen MR) is 116 cm³/mol. The number of guanidine groups is 2. The zero-order chi connectivity index (χ0) is 22.0. The van der Waals surface area contributed by atoms with Crippen LogP contribution in [0.15, 0.2) is 28.2 Å². The lowest BCUT2D eigenvalue weighted by atomic mass is 9.86. The highest BCUT2D eigenvalue weighted by Crippen LogP contribution is 2.41. The number of morpholine rings is 1. The molecule has 1 amide bonds. The van der Waals surface area contributed by atoms with Crippen LogP contribution in [0, 0.1) is 0 Å². The maximum absolute atomic E-state index is 13.1. The number of aliphatic imine (C=N–C) groups is 2. The van der Waals surface area contributed by atoms with Gasteiger partial charge in [0.05, 0.1) is 31.6 Å². The number of hydrogen-bond donors (Lipinski definition) is 2. The number of esters is 1. The van der Waals surface area contributed by atoms with E-state index in [1.165, 1.54) is 7.11 Å². The highest BCUT2D eigenvalue weighted by molar-refractivity contribution is 6.10. The van der Waals surface area contributed by atoms with E-state index in [0.29, 0.717) is 56.0 Å². The molecule has 4 N–H and O–H groups in total. The minimum absolute atomic E-state index is 0.121. The molecule has 1 aliphatic carbocycles. The summed E-state index contributed by atoms with van der Waals surface area (Å²) >= 11 is 0. The molecule has 4 rings (SSSR count). The third kappa shape index (κ3) is 3.95. The number of nitrogens with two attached hydrogens (primary N) is 2. The zero-order valence-corrected chi connectivity index (χ0v) is 17.7. The fourth-order valence-electron chi connectivity index (χ4n) is 4.55. The molecule has 1 saturated carbocycles. The van der Waals surface area contributed by atoms with Gasteiger partial charge in [-0.3, -0.25) is 9.69 Å². The van der Waals surface area contributed by atoms with Crippen molar-refractivity contribution in [3.05, 3.63) is 29.3 Å². The number of ether oxygens (including phenoxy) is 2. The second-order valence-electron chi connectivity index (χ2n) is 7.95. The lowest BCUT2D eigenvalue weighted by Crippen LogP contribution is -2.58. The predicted octanol–water partition coefficient (Wildman–Crippen LogP) is 1.06. The van der Waals surface area contributed by atoms with E-state index in [2.05, 4.69) is 9.98 Å². The molecular weight excluding hydrogens is 400 g/mol. The Morgan fingerprint density at radius 1 is 1.13 bits per heavy atom. The van der Waals surface area contributed by atoms with Crippen LogP contribution in [-0.2, 0) is 9.47 Å². The first-order valence-electron chi connectivity index (χ1n) is 10.5. The first-order valence-corrected chi connectivity index (χ1v) is 10.5. The monoisotopic (exact) mass is 428 g/mol. The topological polar surface area (TPSA) is 136 Å². The summed E-state index contributed by atoms with van der Waals surface area (Å²) in [5.41, 5.74) is 12.8. The van der Waals surface area contributed by atoms with E-state index in [4.69, 9.17) is 20.9 Å².